The van der Waals surface area contributed by atoms with Gasteiger partial charge in [0.15, 0.2) is 0 Å². The molecule has 3 aliphatic rings. The number of nitrogens with zero attached hydrogens (tertiary/aromatic N) is 1. The van der Waals surface area contributed by atoms with Gasteiger partial charge in [-0.3, -0.25) is 14.4 Å². The number of piperidine rings is 1. The summed E-state index contributed by atoms with van der Waals surface area (Å²) in [4.78, 5) is 58.1. The van der Waals surface area contributed by atoms with E-state index in [9.17, 15) is 19.2 Å². The van der Waals surface area contributed by atoms with Gasteiger partial charge in [0.2, 0.25) is 0 Å². The number of benzene rings is 9. The second-order valence-corrected chi connectivity index (χ2v) is 25.4. The zero-order chi connectivity index (χ0) is 62.6. The molecular formula is C76H79N5O9. The molecule has 4 amide bonds. The Balaban J connectivity index is 0.821. The van der Waals surface area contributed by atoms with Gasteiger partial charge < -0.3 is 49.9 Å². The molecule has 0 unspecified atom stereocenters. The minimum absolute atomic E-state index is 0.0127. The summed E-state index contributed by atoms with van der Waals surface area (Å²) in [6.45, 7) is 17.1. The fourth-order valence-electron chi connectivity index (χ4n) is 12.4. The molecule has 0 aromatic heterocycles. The van der Waals surface area contributed by atoms with Crippen molar-refractivity contribution in [2.75, 3.05) is 39.4 Å². The zero-order valence-corrected chi connectivity index (χ0v) is 52.3. The molecule has 0 aliphatic carbocycles. The number of ether oxygens (including phenoxy) is 5. The highest BCUT2D eigenvalue weighted by Gasteiger charge is 2.30. The van der Waals surface area contributed by atoms with Crippen molar-refractivity contribution >= 4 is 56.1 Å². The lowest BCUT2D eigenvalue weighted by atomic mass is 9.89. The van der Waals surface area contributed by atoms with Gasteiger partial charge in [-0.1, -0.05) is 133 Å². The van der Waals surface area contributed by atoms with E-state index in [0.29, 0.717) is 85.9 Å². The number of hydrogen-bond donors (Lipinski definition) is 4. The summed E-state index contributed by atoms with van der Waals surface area (Å²) in [5, 5.41) is 19.6. The Kier molecular flexibility index (Phi) is 17.9. The fourth-order valence-corrected chi connectivity index (χ4v) is 12.4. The van der Waals surface area contributed by atoms with Crippen LogP contribution in [0.5, 0.6) is 17.2 Å². The van der Waals surface area contributed by atoms with Crippen LogP contribution in [0.2, 0.25) is 0 Å². The molecule has 9 aromatic carbocycles. The lowest BCUT2D eigenvalue weighted by molar-refractivity contribution is -0.0797. The van der Waals surface area contributed by atoms with Crippen LogP contribution in [0.4, 0.5) is 4.79 Å². The molecule has 14 nitrogen and oxygen atoms in total. The Morgan fingerprint density at radius 2 is 0.956 bits per heavy atom. The molecular weight excluding hydrogens is 1130 g/mol. The molecule has 0 radical (unpaired) electrons. The zero-order valence-electron chi connectivity index (χ0n) is 52.3. The maximum atomic E-state index is 14.8. The van der Waals surface area contributed by atoms with Gasteiger partial charge in [-0.25, -0.2) is 4.79 Å². The normalized spacial score (nSPS) is 15.7. The number of carbonyl (C=O) groups excluding carboxylic acids is 4. The maximum absolute atomic E-state index is 14.8. The average Bonchev–Trinajstić information content (AvgIpc) is 1.07. The SMILES string of the molecule is Cc1ccc(OC2COC2)cc1C(=O)N[C@H](C)c1cccc2cc(C[C@@H](NC(=O)c3cc(OC4CNC4)ccc3C)c3cccc4cc(C[C@@H](NC(=O)c5cc(OC6CCN(C(=O)OC(C)(C)C)CC6)ccc5C)c5cccc6ccccc56)ccc34)ccc12. The van der Waals surface area contributed by atoms with Crippen LogP contribution < -0.4 is 35.5 Å². The summed E-state index contributed by atoms with van der Waals surface area (Å²) >= 11 is 0. The Hall–Kier alpha value is -9.24. The number of hydrogen-bond acceptors (Lipinski definition) is 10. The Morgan fingerprint density at radius 1 is 0.511 bits per heavy atom. The van der Waals surface area contributed by atoms with Crippen molar-refractivity contribution in [2.24, 2.45) is 0 Å². The number of nitrogens with one attached hydrogen (secondary N) is 4. The van der Waals surface area contributed by atoms with E-state index in [2.05, 4.69) is 112 Å². The molecule has 4 N–H and O–H groups in total. The summed E-state index contributed by atoms with van der Waals surface area (Å²) in [5.74, 6) is 1.30. The first-order chi connectivity index (χ1) is 43.4. The van der Waals surface area contributed by atoms with Crippen molar-refractivity contribution < 1.29 is 42.9 Å². The highest BCUT2D eigenvalue weighted by Crippen LogP contribution is 2.35. The van der Waals surface area contributed by atoms with Gasteiger partial charge in [-0.15, -0.1) is 0 Å². The van der Waals surface area contributed by atoms with Crippen LogP contribution in [-0.4, -0.2) is 92.0 Å². The van der Waals surface area contributed by atoms with Crippen LogP contribution >= 0.6 is 0 Å². The van der Waals surface area contributed by atoms with E-state index in [0.717, 1.165) is 89.9 Å². The van der Waals surface area contributed by atoms with Crippen molar-refractivity contribution in [1.29, 1.82) is 0 Å². The lowest BCUT2D eigenvalue weighted by Crippen LogP contribution is -2.50. The molecule has 0 saturated carbocycles. The van der Waals surface area contributed by atoms with Crippen molar-refractivity contribution in [3.05, 3.63) is 231 Å². The predicted octanol–water partition coefficient (Wildman–Crippen LogP) is 13.9. The standard InChI is InChI=1S/C76H79N5O9/c1-46-23-28-58(89-60-44-86-45-60)41-67(46)72(82)78-49(4)61-18-11-15-53-35-50(24-29-63(53)61)38-71(80-74(84)69-40-57(27-22-48(69)3)88-59-42-77-43-59)66-20-12-16-54-36-51(25-30-64(54)66)37-70(65-19-10-14-52-13-8-9-17-62(52)65)79-73(83)68-39-56(26-21-47(68)2)87-55-31-33-81(34-32-55)75(85)90-76(5,6)7/h8-30,35-36,39-41,49,55,59-60,70-71,77H,31-34,37-38,42-45H2,1-7H3,(H,78,82)(H,79,83)(H,80,84)/t49-,70-,71-/m1/s1. The number of aryl methyl sites for hydroxylation is 3. The Morgan fingerprint density at radius 3 is 1.44 bits per heavy atom. The van der Waals surface area contributed by atoms with E-state index in [1.54, 1.807) is 4.90 Å². The first-order valence-electron chi connectivity index (χ1n) is 31.5. The van der Waals surface area contributed by atoms with Crippen LogP contribution in [-0.2, 0) is 22.3 Å². The first kappa shape index (κ1) is 61.0. The number of amides is 4. The topological polar surface area (TPSA) is 166 Å². The third-order valence-corrected chi connectivity index (χ3v) is 17.6. The Bertz CT molecular complexity index is 4150. The van der Waals surface area contributed by atoms with Crippen LogP contribution in [0.15, 0.2) is 170 Å². The van der Waals surface area contributed by atoms with Crippen LogP contribution in [0.3, 0.4) is 0 Å². The molecule has 9 aromatic rings. The highest BCUT2D eigenvalue weighted by molar-refractivity contribution is 5.99. The molecule has 0 bridgehead atoms. The van der Waals surface area contributed by atoms with E-state index in [1.165, 1.54) is 0 Å². The van der Waals surface area contributed by atoms with Crippen LogP contribution in [0.25, 0.3) is 32.3 Å². The monoisotopic (exact) mass is 1210 g/mol. The number of likely N-dealkylation sites (tertiary alicyclic amines) is 1. The first-order valence-corrected chi connectivity index (χ1v) is 31.5. The second-order valence-electron chi connectivity index (χ2n) is 25.4. The predicted molar refractivity (Wildman–Crippen MR) is 353 cm³/mol. The van der Waals surface area contributed by atoms with Gasteiger partial charge in [0.05, 0.1) is 31.3 Å². The van der Waals surface area contributed by atoms with E-state index >= 15 is 0 Å². The molecule has 90 heavy (non-hydrogen) atoms. The van der Waals surface area contributed by atoms with Crippen molar-refractivity contribution in [3.8, 4) is 17.2 Å². The van der Waals surface area contributed by atoms with Gasteiger partial charge in [-0.05, 0) is 175 Å². The summed E-state index contributed by atoms with van der Waals surface area (Å²) in [7, 11) is 0. The number of carbonyl (C=O) groups is 4. The fraction of sp³-hybridized carbons (Fsp3) is 0.316. The summed E-state index contributed by atoms with van der Waals surface area (Å²) in [6.07, 6.45) is 1.84. The van der Waals surface area contributed by atoms with Gasteiger partial charge in [0.1, 0.15) is 41.2 Å². The molecule has 3 saturated heterocycles. The molecule has 462 valence electrons. The van der Waals surface area contributed by atoms with E-state index in [1.807, 2.05) is 127 Å². The van der Waals surface area contributed by atoms with Crippen LogP contribution in [0, 0.1) is 20.8 Å². The van der Waals surface area contributed by atoms with Crippen molar-refractivity contribution in [3.63, 3.8) is 0 Å². The summed E-state index contributed by atoms with van der Waals surface area (Å²) in [6, 6.07) is 55.6. The van der Waals surface area contributed by atoms with Gasteiger partial charge in [0, 0.05) is 55.7 Å². The highest BCUT2D eigenvalue weighted by atomic mass is 16.6. The van der Waals surface area contributed by atoms with Gasteiger partial charge >= 0.3 is 6.09 Å². The minimum Gasteiger partial charge on any atom is -0.490 e. The third kappa shape index (κ3) is 14.1. The van der Waals surface area contributed by atoms with E-state index in [4.69, 9.17) is 23.7 Å². The molecule has 3 fully saturated rings. The van der Waals surface area contributed by atoms with Gasteiger partial charge in [0.25, 0.3) is 17.7 Å². The van der Waals surface area contributed by atoms with E-state index < -0.39 is 17.7 Å². The molecule has 14 heteroatoms. The summed E-state index contributed by atoms with van der Waals surface area (Å²) in [5.41, 5.74) is 8.55. The average molecular weight is 1210 g/mol. The van der Waals surface area contributed by atoms with Crippen LogP contribution in [0.1, 0.15) is 134 Å². The Labute approximate surface area is 526 Å². The molecule has 12 rings (SSSR count). The smallest absolute Gasteiger partial charge is 0.410 e. The minimum atomic E-state index is -0.574. The molecule has 3 aliphatic heterocycles. The van der Waals surface area contributed by atoms with Crippen molar-refractivity contribution in [2.45, 2.75) is 116 Å². The molecule has 0 spiro atoms. The quantitative estimate of drug-likeness (QED) is 0.0612. The largest absolute Gasteiger partial charge is 0.490 e. The third-order valence-electron chi connectivity index (χ3n) is 17.6. The van der Waals surface area contributed by atoms with E-state index in [-0.39, 0.29) is 48.2 Å². The number of rotatable bonds is 19. The molecule has 3 atom stereocenters. The number of fused-ring (bicyclic) bond motifs is 3. The molecule has 3 heterocycles. The van der Waals surface area contributed by atoms with Crippen molar-refractivity contribution in [1.82, 2.24) is 26.2 Å². The second kappa shape index (κ2) is 26.5. The lowest BCUT2D eigenvalue weighted by Gasteiger charge is -2.33. The maximum Gasteiger partial charge on any atom is 0.410 e. The van der Waals surface area contributed by atoms with Gasteiger partial charge in [-0.2, -0.15) is 0 Å². The summed E-state index contributed by atoms with van der Waals surface area (Å²) < 4.78 is 29.7.